The van der Waals surface area contributed by atoms with Crippen LogP contribution in [0.1, 0.15) is 49.8 Å². The van der Waals surface area contributed by atoms with Crippen LogP contribution in [0.4, 0.5) is 4.79 Å². The van der Waals surface area contributed by atoms with Crippen molar-refractivity contribution in [1.29, 1.82) is 0 Å². The third-order valence-corrected chi connectivity index (χ3v) is 6.69. The zero-order valence-electron chi connectivity index (χ0n) is 17.2. The van der Waals surface area contributed by atoms with E-state index in [-0.39, 0.29) is 23.9 Å². The minimum absolute atomic E-state index is 0.0355. The number of aryl methyl sites for hydroxylation is 1. The van der Waals surface area contributed by atoms with Gasteiger partial charge >= 0.3 is 6.03 Å². The topological polar surface area (TPSA) is 52.7 Å². The van der Waals surface area contributed by atoms with Crippen LogP contribution < -0.4 is 5.32 Å². The third-order valence-electron chi connectivity index (χ3n) is 5.75. The molecule has 2 aliphatic heterocycles. The van der Waals surface area contributed by atoms with Gasteiger partial charge in [-0.25, -0.2) is 4.79 Å². The second-order valence-electron chi connectivity index (χ2n) is 7.88. The van der Waals surface area contributed by atoms with Crippen molar-refractivity contribution in [1.82, 2.24) is 15.1 Å². The summed E-state index contributed by atoms with van der Waals surface area (Å²) in [6, 6.07) is 8.42. The molecule has 0 radical (unpaired) electrons. The Bertz CT molecular complexity index is 676. The molecule has 0 spiro atoms. The Morgan fingerprint density at radius 1 is 1.21 bits per heavy atom. The fourth-order valence-electron chi connectivity index (χ4n) is 4.14. The predicted octanol–water partition coefficient (Wildman–Crippen LogP) is 3.83. The van der Waals surface area contributed by atoms with Gasteiger partial charge in [-0.05, 0) is 31.7 Å². The lowest BCUT2D eigenvalue weighted by atomic mass is 9.88. The number of unbranched alkanes of at least 4 members (excludes halogenated alkanes) is 1. The monoisotopic (exact) mass is 403 g/mol. The second kappa shape index (κ2) is 10.2. The molecule has 1 aromatic carbocycles. The largest absolute Gasteiger partial charge is 0.341 e. The van der Waals surface area contributed by atoms with E-state index in [9.17, 15) is 9.59 Å². The number of urea groups is 1. The Morgan fingerprint density at radius 2 is 2.00 bits per heavy atom. The summed E-state index contributed by atoms with van der Waals surface area (Å²) in [5.74, 6) is 2.19. The maximum Gasteiger partial charge on any atom is 0.317 e. The second-order valence-corrected chi connectivity index (χ2v) is 9.10. The highest BCUT2D eigenvalue weighted by Crippen LogP contribution is 2.34. The van der Waals surface area contributed by atoms with Crippen molar-refractivity contribution in [3.8, 4) is 0 Å². The lowest BCUT2D eigenvalue weighted by Gasteiger charge is -2.41. The van der Waals surface area contributed by atoms with Gasteiger partial charge in [0, 0.05) is 37.7 Å². The molecular formula is C22H33N3O2S. The summed E-state index contributed by atoms with van der Waals surface area (Å²) >= 11 is 1.91. The highest BCUT2D eigenvalue weighted by molar-refractivity contribution is 7.99. The van der Waals surface area contributed by atoms with E-state index in [0.29, 0.717) is 13.1 Å². The number of benzene rings is 1. The van der Waals surface area contributed by atoms with Crippen molar-refractivity contribution in [3.63, 3.8) is 0 Å². The molecule has 28 heavy (non-hydrogen) atoms. The highest BCUT2D eigenvalue weighted by Gasteiger charge is 2.37. The van der Waals surface area contributed by atoms with Gasteiger partial charge in [0.05, 0.1) is 12.0 Å². The molecule has 2 heterocycles. The highest BCUT2D eigenvalue weighted by atomic mass is 32.2. The fraction of sp³-hybridized carbons (Fsp3) is 0.636. The molecule has 5 nitrogen and oxygen atoms in total. The summed E-state index contributed by atoms with van der Waals surface area (Å²) in [6.07, 6.45) is 3.71. The Hall–Kier alpha value is -1.69. The van der Waals surface area contributed by atoms with Crippen LogP contribution in [0.15, 0.2) is 24.3 Å². The van der Waals surface area contributed by atoms with E-state index < -0.39 is 0 Å². The first-order valence-electron chi connectivity index (χ1n) is 10.6. The molecule has 2 unspecified atom stereocenters. The van der Waals surface area contributed by atoms with Gasteiger partial charge in [0.25, 0.3) is 0 Å². The number of nitrogens with one attached hydrogen (secondary N) is 1. The number of rotatable bonds is 5. The van der Waals surface area contributed by atoms with Crippen molar-refractivity contribution in [2.24, 2.45) is 5.92 Å². The number of amides is 3. The molecule has 154 valence electrons. The molecule has 1 N–H and O–H groups in total. The van der Waals surface area contributed by atoms with E-state index >= 15 is 0 Å². The molecule has 2 saturated heterocycles. The number of hydrogen-bond acceptors (Lipinski definition) is 3. The lowest BCUT2D eigenvalue weighted by molar-refractivity contribution is -0.137. The van der Waals surface area contributed by atoms with Crippen molar-refractivity contribution < 1.29 is 9.59 Å². The molecule has 0 saturated carbocycles. The molecule has 1 aromatic rings. The summed E-state index contributed by atoms with van der Waals surface area (Å²) in [5, 5.41) is 3.07. The Kier molecular flexibility index (Phi) is 7.65. The smallest absolute Gasteiger partial charge is 0.317 e. The number of hydrogen-bond donors (Lipinski definition) is 1. The molecule has 2 fully saturated rings. The van der Waals surface area contributed by atoms with Gasteiger partial charge in [-0.2, -0.15) is 11.8 Å². The van der Waals surface area contributed by atoms with Gasteiger partial charge < -0.3 is 15.1 Å². The van der Waals surface area contributed by atoms with E-state index in [4.69, 9.17) is 0 Å². The van der Waals surface area contributed by atoms with Crippen LogP contribution in [0.25, 0.3) is 0 Å². The first kappa shape index (κ1) is 21.0. The number of nitrogens with zero attached hydrogens (tertiary/aromatic N) is 2. The van der Waals surface area contributed by atoms with Gasteiger partial charge in [0.15, 0.2) is 0 Å². The average Bonchev–Trinajstić information content (AvgIpc) is 2.73. The number of piperidine rings is 1. The molecule has 0 bridgehead atoms. The van der Waals surface area contributed by atoms with Crippen LogP contribution in [0.3, 0.4) is 0 Å². The number of carbonyl (C=O) groups is 2. The van der Waals surface area contributed by atoms with Crippen molar-refractivity contribution in [3.05, 3.63) is 35.4 Å². The lowest BCUT2D eigenvalue weighted by Crippen LogP contribution is -2.52. The van der Waals surface area contributed by atoms with E-state index in [1.54, 1.807) is 0 Å². The molecule has 2 aliphatic rings. The summed E-state index contributed by atoms with van der Waals surface area (Å²) < 4.78 is 0. The normalized spacial score (nSPS) is 22.8. The standard InChI is InChI=1S/C22H33N3O2S/c1-3-4-10-23-22(27)25-16-19(21(26)24-11-13-28-14-12-24)8-9-20(25)18-7-5-6-17(2)15-18/h5-7,15,19-20H,3-4,8-14,16H2,1-2H3,(H,23,27). The average molecular weight is 404 g/mol. The van der Waals surface area contributed by atoms with Crippen molar-refractivity contribution in [2.45, 2.75) is 45.6 Å². The van der Waals surface area contributed by atoms with Gasteiger partial charge in [-0.3, -0.25) is 4.79 Å². The molecule has 0 aromatic heterocycles. The van der Waals surface area contributed by atoms with E-state index in [0.717, 1.165) is 50.3 Å². The zero-order chi connectivity index (χ0) is 19.9. The van der Waals surface area contributed by atoms with Crippen LogP contribution in [0.2, 0.25) is 0 Å². The van der Waals surface area contributed by atoms with Crippen LogP contribution >= 0.6 is 11.8 Å². The quantitative estimate of drug-likeness (QED) is 0.760. The van der Waals surface area contributed by atoms with Gasteiger partial charge in [-0.1, -0.05) is 43.2 Å². The van der Waals surface area contributed by atoms with Gasteiger partial charge in [0.1, 0.15) is 0 Å². The first-order chi connectivity index (χ1) is 13.6. The number of thioether (sulfide) groups is 1. The van der Waals surface area contributed by atoms with E-state index in [1.807, 2.05) is 21.6 Å². The minimum atomic E-state index is -0.0823. The Morgan fingerprint density at radius 3 is 2.71 bits per heavy atom. The van der Waals surface area contributed by atoms with Crippen LogP contribution in [0.5, 0.6) is 0 Å². The molecule has 2 atom stereocenters. The van der Waals surface area contributed by atoms with Crippen molar-refractivity contribution >= 4 is 23.7 Å². The van der Waals surface area contributed by atoms with Crippen LogP contribution in [0, 0.1) is 12.8 Å². The SMILES string of the molecule is CCCCNC(=O)N1CC(C(=O)N2CCSCC2)CCC1c1cccc(C)c1. The third kappa shape index (κ3) is 5.22. The molecule has 6 heteroatoms. The molecule has 3 amide bonds. The molecular weight excluding hydrogens is 370 g/mol. The fourth-order valence-corrected chi connectivity index (χ4v) is 5.04. The van der Waals surface area contributed by atoms with Crippen molar-refractivity contribution in [2.75, 3.05) is 37.7 Å². The number of likely N-dealkylation sites (tertiary alicyclic amines) is 1. The summed E-state index contributed by atoms with van der Waals surface area (Å²) in [4.78, 5) is 29.9. The zero-order valence-corrected chi connectivity index (χ0v) is 18.0. The van der Waals surface area contributed by atoms with Crippen LogP contribution in [-0.2, 0) is 4.79 Å². The van der Waals surface area contributed by atoms with E-state index in [2.05, 4.69) is 43.4 Å². The minimum Gasteiger partial charge on any atom is -0.341 e. The summed E-state index contributed by atoms with van der Waals surface area (Å²) in [7, 11) is 0. The molecule has 0 aliphatic carbocycles. The van der Waals surface area contributed by atoms with E-state index in [1.165, 1.54) is 11.1 Å². The summed E-state index contributed by atoms with van der Waals surface area (Å²) in [6.45, 7) is 7.08. The van der Waals surface area contributed by atoms with Crippen LogP contribution in [-0.4, -0.2) is 59.4 Å². The maximum atomic E-state index is 13.0. The first-order valence-corrected chi connectivity index (χ1v) is 11.7. The number of carbonyl (C=O) groups excluding carboxylic acids is 2. The predicted molar refractivity (Wildman–Crippen MR) is 116 cm³/mol. The Labute approximate surface area is 173 Å². The van der Waals surface area contributed by atoms with Gasteiger partial charge in [0.2, 0.25) is 5.91 Å². The Balaban J connectivity index is 1.74. The summed E-state index contributed by atoms with van der Waals surface area (Å²) in [5.41, 5.74) is 2.37. The van der Waals surface area contributed by atoms with Gasteiger partial charge in [-0.15, -0.1) is 0 Å². The maximum absolute atomic E-state index is 13.0. The molecule has 3 rings (SSSR count).